The van der Waals surface area contributed by atoms with Gasteiger partial charge in [-0.1, -0.05) is 37.3 Å². The number of aliphatic hydroxyl groups is 1. The van der Waals surface area contributed by atoms with Crippen molar-refractivity contribution in [2.45, 2.75) is 45.5 Å². The molecule has 2 aromatic heterocycles. The standard InChI is InChI=1S/C21H25N5O2/c1-2-19-22-9-11-24(19)10-8-20(27)25-12-13-26-17(15-25)14-18(23-26)21(28)16-6-4-3-5-7-16/h3-7,9,11,14,21,28H,2,8,10,12-13,15H2,1H3/t21-/m1/s1. The number of aryl methyl sites for hydroxylation is 2. The molecule has 146 valence electrons. The minimum atomic E-state index is -0.753. The van der Waals surface area contributed by atoms with Gasteiger partial charge in [0.1, 0.15) is 11.9 Å². The third-order valence-electron chi connectivity index (χ3n) is 5.25. The van der Waals surface area contributed by atoms with Crippen LogP contribution in [0.2, 0.25) is 0 Å². The predicted octanol–water partition coefficient (Wildman–Crippen LogP) is 2.16. The van der Waals surface area contributed by atoms with E-state index in [4.69, 9.17) is 0 Å². The third-order valence-corrected chi connectivity index (χ3v) is 5.25. The fourth-order valence-corrected chi connectivity index (χ4v) is 3.67. The van der Waals surface area contributed by atoms with Crippen LogP contribution in [0.3, 0.4) is 0 Å². The van der Waals surface area contributed by atoms with Crippen molar-refractivity contribution in [1.82, 2.24) is 24.2 Å². The first-order valence-corrected chi connectivity index (χ1v) is 9.73. The van der Waals surface area contributed by atoms with Crippen LogP contribution in [-0.4, -0.2) is 41.8 Å². The van der Waals surface area contributed by atoms with Gasteiger partial charge in [0.2, 0.25) is 5.91 Å². The van der Waals surface area contributed by atoms with Gasteiger partial charge in [0.05, 0.1) is 24.5 Å². The summed E-state index contributed by atoms with van der Waals surface area (Å²) in [5, 5.41) is 15.1. The lowest BCUT2D eigenvalue weighted by Gasteiger charge is -2.27. The van der Waals surface area contributed by atoms with E-state index in [0.29, 0.717) is 38.3 Å². The van der Waals surface area contributed by atoms with Crippen LogP contribution in [0.15, 0.2) is 48.8 Å². The fourth-order valence-electron chi connectivity index (χ4n) is 3.67. The molecule has 7 heteroatoms. The lowest BCUT2D eigenvalue weighted by atomic mass is 10.1. The van der Waals surface area contributed by atoms with Gasteiger partial charge in [-0.15, -0.1) is 0 Å². The van der Waals surface area contributed by atoms with Gasteiger partial charge in [-0.25, -0.2) is 4.98 Å². The Bertz CT molecular complexity index is 947. The number of carbonyl (C=O) groups is 1. The van der Waals surface area contributed by atoms with Gasteiger partial charge in [0, 0.05) is 38.3 Å². The maximum Gasteiger partial charge on any atom is 0.224 e. The van der Waals surface area contributed by atoms with E-state index >= 15 is 0 Å². The van der Waals surface area contributed by atoms with Gasteiger partial charge < -0.3 is 14.6 Å². The minimum absolute atomic E-state index is 0.133. The van der Waals surface area contributed by atoms with Gasteiger partial charge >= 0.3 is 0 Å². The van der Waals surface area contributed by atoms with Crippen LogP contribution in [0, 0.1) is 0 Å². The average Bonchev–Trinajstić information content (AvgIpc) is 3.37. The molecule has 4 rings (SSSR count). The molecule has 1 amide bonds. The van der Waals surface area contributed by atoms with Gasteiger partial charge in [-0.3, -0.25) is 9.48 Å². The summed E-state index contributed by atoms with van der Waals surface area (Å²) in [4.78, 5) is 18.9. The summed E-state index contributed by atoms with van der Waals surface area (Å²) in [5.41, 5.74) is 2.40. The molecule has 7 nitrogen and oxygen atoms in total. The number of aliphatic hydroxyl groups excluding tert-OH is 1. The molecular weight excluding hydrogens is 354 g/mol. The minimum Gasteiger partial charge on any atom is -0.382 e. The zero-order valence-electron chi connectivity index (χ0n) is 16.0. The first-order chi connectivity index (χ1) is 13.7. The van der Waals surface area contributed by atoms with Crippen molar-refractivity contribution in [3.63, 3.8) is 0 Å². The lowest BCUT2D eigenvalue weighted by Crippen LogP contribution is -2.38. The average molecular weight is 379 g/mol. The SMILES string of the molecule is CCc1nccn1CCC(=O)N1CCn2nc([C@H](O)c3ccccc3)cc2C1. The lowest BCUT2D eigenvalue weighted by molar-refractivity contribution is -0.132. The molecular formula is C21H25N5O2. The number of hydrogen-bond acceptors (Lipinski definition) is 4. The molecule has 1 atom stereocenters. The molecule has 1 N–H and O–H groups in total. The molecule has 1 aliphatic heterocycles. The number of fused-ring (bicyclic) bond motifs is 1. The molecule has 1 aliphatic rings. The largest absolute Gasteiger partial charge is 0.382 e. The summed E-state index contributed by atoms with van der Waals surface area (Å²) in [6, 6.07) is 11.4. The van der Waals surface area contributed by atoms with Crippen LogP contribution in [-0.2, 0) is 30.8 Å². The van der Waals surface area contributed by atoms with Crippen molar-refractivity contribution in [1.29, 1.82) is 0 Å². The molecule has 0 fully saturated rings. The highest BCUT2D eigenvalue weighted by molar-refractivity contribution is 5.76. The van der Waals surface area contributed by atoms with Crippen LogP contribution >= 0.6 is 0 Å². The van der Waals surface area contributed by atoms with E-state index in [1.807, 2.05) is 56.7 Å². The Balaban J connectivity index is 1.40. The first kappa shape index (κ1) is 18.4. The van der Waals surface area contributed by atoms with Crippen LogP contribution in [0.25, 0.3) is 0 Å². The van der Waals surface area contributed by atoms with E-state index in [-0.39, 0.29) is 5.91 Å². The highest BCUT2D eigenvalue weighted by atomic mass is 16.3. The Hall–Kier alpha value is -2.93. The maximum absolute atomic E-state index is 12.7. The van der Waals surface area contributed by atoms with Crippen molar-refractivity contribution in [2.24, 2.45) is 0 Å². The number of nitrogens with zero attached hydrogens (tertiary/aromatic N) is 5. The monoisotopic (exact) mass is 379 g/mol. The van der Waals surface area contributed by atoms with Crippen LogP contribution in [0.5, 0.6) is 0 Å². The molecule has 1 aromatic carbocycles. The molecule has 3 heterocycles. The van der Waals surface area contributed by atoms with E-state index in [9.17, 15) is 9.90 Å². The number of rotatable bonds is 6. The van der Waals surface area contributed by atoms with Crippen molar-refractivity contribution < 1.29 is 9.90 Å². The van der Waals surface area contributed by atoms with Crippen molar-refractivity contribution in [3.8, 4) is 0 Å². The Morgan fingerprint density at radius 2 is 2.07 bits per heavy atom. The first-order valence-electron chi connectivity index (χ1n) is 9.73. The molecule has 28 heavy (non-hydrogen) atoms. The van der Waals surface area contributed by atoms with E-state index in [2.05, 4.69) is 17.0 Å². The van der Waals surface area contributed by atoms with E-state index < -0.39 is 6.10 Å². The molecule has 0 aliphatic carbocycles. The van der Waals surface area contributed by atoms with Crippen LogP contribution < -0.4 is 0 Å². The van der Waals surface area contributed by atoms with E-state index in [0.717, 1.165) is 23.5 Å². The second-order valence-corrected chi connectivity index (χ2v) is 7.05. The molecule has 0 saturated carbocycles. The molecule has 0 unspecified atom stereocenters. The Morgan fingerprint density at radius 1 is 1.25 bits per heavy atom. The van der Waals surface area contributed by atoms with E-state index in [1.165, 1.54) is 0 Å². The highest BCUT2D eigenvalue weighted by Crippen LogP contribution is 2.23. The fraction of sp³-hybridized carbons (Fsp3) is 0.381. The normalized spacial score (nSPS) is 14.7. The van der Waals surface area contributed by atoms with Gasteiger partial charge in [-0.2, -0.15) is 5.10 Å². The van der Waals surface area contributed by atoms with Gasteiger partial charge in [0.25, 0.3) is 0 Å². The number of carbonyl (C=O) groups excluding carboxylic acids is 1. The number of amides is 1. The van der Waals surface area contributed by atoms with Crippen LogP contribution in [0.4, 0.5) is 0 Å². The third kappa shape index (κ3) is 3.71. The Morgan fingerprint density at radius 3 is 2.86 bits per heavy atom. The quantitative estimate of drug-likeness (QED) is 0.712. The molecule has 0 saturated heterocycles. The molecule has 0 radical (unpaired) electrons. The second kappa shape index (κ2) is 7.98. The van der Waals surface area contributed by atoms with Crippen LogP contribution in [0.1, 0.15) is 42.2 Å². The van der Waals surface area contributed by atoms with Crippen molar-refractivity contribution in [3.05, 3.63) is 71.6 Å². The zero-order chi connectivity index (χ0) is 19.5. The summed E-state index contributed by atoms with van der Waals surface area (Å²) in [6.07, 6.45) is 4.27. The number of aromatic nitrogens is 4. The van der Waals surface area contributed by atoms with Gasteiger partial charge in [0.15, 0.2) is 0 Å². The van der Waals surface area contributed by atoms with Crippen molar-refractivity contribution in [2.75, 3.05) is 6.54 Å². The topological polar surface area (TPSA) is 76.2 Å². The summed E-state index contributed by atoms with van der Waals surface area (Å²) < 4.78 is 3.94. The summed E-state index contributed by atoms with van der Waals surface area (Å²) in [5.74, 6) is 1.14. The maximum atomic E-state index is 12.7. The predicted molar refractivity (Wildman–Crippen MR) is 104 cm³/mol. The zero-order valence-corrected chi connectivity index (χ0v) is 16.0. The molecule has 0 bridgehead atoms. The summed E-state index contributed by atoms with van der Waals surface area (Å²) in [6.45, 7) is 4.52. The molecule has 0 spiro atoms. The Labute approximate surface area is 164 Å². The smallest absolute Gasteiger partial charge is 0.224 e. The highest BCUT2D eigenvalue weighted by Gasteiger charge is 2.24. The van der Waals surface area contributed by atoms with E-state index in [1.54, 1.807) is 6.20 Å². The second-order valence-electron chi connectivity index (χ2n) is 7.05. The molecule has 3 aromatic rings. The summed E-state index contributed by atoms with van der Waals surface area (Å²) in [7, 11) is 0. The Kier molecular flexibility index (Phi) is 5.25. The van der Waals surface area contributed by atoms with Crippen molar-refractivity contribution >= 4 is 5.91 Å². The van der Waals surface area contributed by atoms with Gasteiger partial charge in [-0.05, 0) is 11.6 Å². The number of imidazole rings is 1. The summed E-state index contributed by atoms with van der Waals surface area (Å²) >= 11 is 0. The number of benzene rings is 1. The number of hydrogen-bond donors (Lipinski definition) is 1.